The summed E-state index contributed by atoms with van der Waals surface area (Å²) in [5, 5.41) is 12.3. The molecule has 1 fully saturated rings. The molecule has 2 N–H and O–H groups in total. The highest BCUT2D eigenvalue weighted by Gasteiger charge is 2.34. The van der Waals surface area contributed by atoms with E-state index in [1.54, 1.807) is 0 Å². The molecule has 0 amide bonds. The number of hydrogen-bond donors (Lipinski definition) is 2. The van der Waals surface area contributed by atoms with Crippen LogP contribution in [0.2, 0.25) is 0 Å². The zero-order valence-corrected chi connectivity index (χ0v) is 8.18. The largest absolute Gasteiger partial charge is 0.394 e. The molecule has 0 atom stereocenters. The summed E-state index contributed by atoms with van der Waals surface area (Å²) in [7, 11) is 0. The first-order valence-electron chi connectivity index (χ1n) is 4.41. The molecule has 0 aliphatic carbocycles. The molecule has 12 heavy (non-hydrogen) atoms. The minimum Gasteiger partial charge on any atom is -0.394 e. The summed E-state index contributed by atoms with van der Waals surface area (Å²) in [6, 6.07) is 0. The van der Waals surface area contributed by atoms with E-state index in [0.29, 0.717) is 0 Å². The monoisotopic (exact) mass is 173 g/mol. The normalized spacial score (nSPS) is 22.0. The molecule has 0 aromatic rings. The summed E-state index contributed by atoms with van der Waals surface area (Å²) in [6.07, 6.45) is 0. The third-order valence-electron chi connectivity index (χ3n) is 2.29. The molecule has 1 rings (SSSR count). The number of aliphatic hydroxyl groups excluding tert-OH is 1. The second kappa shape index (κ2) is 3.32. The Hall–Kier alpha value is -0.120. The van der Waals surface area contributed by atoms with E-state index in [2.05, 4.69) is 12.2 Å². The fourth-order valence-corrected chi connectivity index (χ4v) is 1.06. The average molecular weight is 173 g/mol. The smallest absolute Gasteiger partial charge is 0.0607 e. The van der Waals surface area contributed by atoms with Gasteiger partial charge in [-0.25, -0.2) is 0 Å². The lowest BCUT2D eigenvalue weighted by atomic mass is 9.87. The van der Waals surface area contributed by atoms with Crippen LogP contribution < -0.4 is 5.32 Å². The Kier molecular flexibility index (Phi) is 2.76. The lowest BCUT2D eigenvalue weighted by Crippen LogP contribution is -2.53. The van der Waals surface area contributed by atoms with Crippen LogP contribution >= 0.6 is 0 Å². The molecular weight excluding hydrogens is 154 g/mol. The predicted octanol–water partition coefficient (Wildman–Crippen LogP) is 0.383. The molecule has 3 heteroatoms. The Bertz CT molecular complexity index is 141. The van der Waals surface area contributed by atoms with Crippen LogP contribution in [-0.2, 0) is 4.74 Å². The van der Waals surface area contributed by atoms with Crippen molar-refractivity contribution in [3.05, 3.63) is 0 Å². The van der Waals surface area contributed by atoms with Crippen molar-refractivity contribution in [3.63, 3.8) is 0 Å². The lowest BCUT2D eigenvalue weighted by Gasteiger charge is -2.40. The molecule has 0 radical (unpaired) electrons. The maximum atomic E-state index is 8.99. The second-order valence-corrected chi connectivity index (χ2v) is 4.70. The zero-order chi connectivity index (χ0) is 9.24. The number of ether oxygens (including phenoxy) is 1. The van der Waals surface area contributed by atoms with Crippen molar-refractivity contribution in [2.45, 2.75) is 26.3 Å². The van der Waals surface area contributed by atoms with Crippen molar-refractivity contribution >= 4 is 0 Å². The minimum atomic E-state index is -0.168. The molecule has 1 heterocycles. The van der Waals surface area contributed by atoms with Gasteiger partial charge in [0.05, 0.1) is 19.8 Å². The average Bonchev–Trinajstić information content (AvgIpc) is 1.98. The van der Waals surface area contributed by atoms with Gasteiger partial charge in [0.2, 0.25) is 0 Å². The van der Waals surface area contributed by atoms with Gasteiger partial charge in [-0.2, -0.15) is 0 Å². The molecule has 1 aliphatic heterocycles. The lowest BCUT2D eigenvalue weighted by molar-refractivity contribution is -0.102. The molecule has 0 aromatic carbocycles. The van der Waals surface area contributed by atoms with E-state index >= 15 is 0 Å². The molecule has 0 saturated carbocycles. The molecule has 72 valence electrons. The molecule has 1 saturated heterocycles. The summed E-state index contributed by atoms with van der Waals surface area (Å²) in [4.78, 5) is 0. The van der Waals surface area contributed by atoms with E-state index in [1.807, 2.05) is 13.8 Å². The number of aliphatic hydroxyl groups is 1. The Labute approximate surface area is 74.1 Å². The van der Waals surface area contributed by atoms with Crippen LogP contribution in [0.5, 0.6) is 0 Å². The molecule has 0 bridgehead atoms. The van der Waals surface area contributed by atoms with Gasteiger partial charge in [-0.05, 0) is 13.8 Å². The van der Waals surface area contributed by atoms with Crippen LogP contribution in [0.25, 0.3) is 0 Å². The van der Waals surface area contributed by atoms with Gasteiger partial charge in [-0.15, -0.1) is 0 Å². The first-order valence-corrected chi connectivity index (χ1v) is 4.41. The van der Waals surface area contributed by atoms with Gasteiger partial charge in [-0.3, -0.25) is 0 Å². The van der Waals surface area contributed by atoms with E-state index in [-0.39, 0.29) is 17.6 Å². The van der Waals surface area contributed by atoms with E-state index in [0.717, 1.165) is 19.8 Å². The summed E-state index contributed by atoms with van der Waals surface area (Å²) >= 11 is 0. The summed E-state index contributed by atoms with van der Waals surface area (Å²) in [5.74, 6) is 0. The van der Waals surface area contributed by atoms with Crippen molar-refractivity contribution in [3.8, 4) is 0 Å². The van der Waals surface area contributed by atoms with Crippen LogP contribution in [0.1, 0.15) is 20.8 Å². The zero-order valence-electron chi connectivity index (χ0n) is 8.18. The van der Waals surface area contributed by atoms with Gasteiger partial charge >= 0.3 is 0 Å². The molecule has 3 nitrogen and oxygen atoms in total. The summed E-state index contributed by atoms with van der Waals surface area (Å²) in [5.41, 5.74) is 0.116. The van der Waals surface area contributed by atoms with E-state index < -0.39 is 0 Å². The van der Waals surface area contributed by atoms with Crippen molar-refractivity contribution in [2.75, 3.05) is 26.4 Å². The van der Waals surface area contributed by atoms with Crippen molar-refractivity contribution in [1.29, 1.82) is 0 Å². The third kappa shape index (κ3) is 2.44. The van der Waals surface area contributed by atoms with Crippen molar-refractivity contribution in [2.24, 2.45) is 5.41 Å². The van der Waals surface area contributed by atoms with E-state index in [4.69, 9.17) is 9.84 Å². The quantitative estimate of drug-likeness (QED) is 0.646. The third-order valence-corrected chi connectivity index (χ3v) is 2.29. The first-order chi connectivity index (χ1) is 5.47. The standard InChI is InChI=1S/C9H19NO2/c1-8(2,5-11)10-4-9(3)6-12-7-9/h10-11H,4-7H2,1-3H3. The predicted molar refractivity (Wildman–Crippen MR) is 48.1 cm³/mol. The Morgan fingerprint density at radius 2 is 2.08 bits per heavy atom. The summed E-state index contributed by atoms with van der Waals surface area (Å²) in [6.45, 7) is 8.94. The van der Waals surface area contributed by atoms with E-state index in [1.165, 1.54) is 0 Å². The van der Waals surface area contributed by atoms with Gasteiger partial charge < -0.3 is 15.2 Å². The van der Waals surface area contributed by atoms with Crippen LogP contribution in [-0.4, -0.2) is 37.0 Å². The van der Waals surface area contributed by atoms with Crippen LogP contribution in [0.3, 0.4) is 0 Å². The SMILES string of the molecule is CC1(CNC(C)(C)CO)COC1. The van der Waals surface area contributed by atoms with Gasteiger partial charge in [0, 0.05) is 17.5 Å². The molecular formula is C9H19NO2. The topological polar surface area (TPSA) is 41.5 Å². The molecule has 0 spiro atoms. The number of rotatable bonds is 4. The Morgan fingerprint density at radius 3 is 2.42 bits per heavy atom. The maximum absolute atomic E-state index is 8.99. The molecule has 1 aliphatic rings. The fourth-order valence-electron chi connectivity index (χ4n) is 1.06. The maximum Gasteiger partial charge on any atom is 0.0607 e. The molecule has 0 unspecified atom stereocenters. The van der Waals surface area contributed by atoms with Gasteiger partial charge in [0.25, 0.3) is 0 Å². The second-order valence-electron chi connectivity index (χ2n) is 4.70. The van der Waals surface area contributed by atoms with Crippen LogP contribution in [0, 0.1) is 5.41 Å². The Morgan fingerprint density at radius 1 is 1.50 bits per heavy atom. The number of hydrogen-bond acceptors (Lipinski definition) is 3. The summed E-state index contributed by atoms with van der Waals surface area (Å²) < 4.78 is 5.13. The number of nitrogens with one attached hydrogen (secondary N) is 1. The Balaban J connectivity index is 2.24. The van der Waals surface area contributed by atoms with Crippen molar-refractivity contribution < 1.29 is 9.84 Å². The minimum absolute atomic E-state index is 0.168. The highest BCUT2D eigenvalue weighted by molar-refractivity contribution is 4.87. The molecule has 0 aromatic heterocycles. The fraction of sp³-hybridized carbons (Fsp3) is 1.00. The van der Waals surface area contributed by atoms with Gasteiger partial charge in [-0.1, -0.05) is 6.92 Å². The van der Waals surface area contributed by atoms with Gasteiger partial charge in [0.15, 0.2) is 0 Å². The van der Waals surface area contributed by atoms with E-state index in [9.17, 15) is 0 Å². The highest BCUT2D eigenvalue weighted by atomic mass is 16.5. The van der Waals surface area contributed by atoms with Crippen LogP contribution in [0.15, 0.2) is 0 Å². The first kappa shape index (κ1) is 9.96. The van der Waals surface area contributed by atoms with Crippen LogP contribution in [0.4, 0.5) is 0 Å². The van der Waals surface area contributed by atoms with Crippen molar-refractivity contribution in [1.82, 2.24) is 5.32 Å². The highest BCUT2D eigenvalue weighted by Crippen LogP contribution is 2.25. The van der Waals surface area contributed by atoms with Gasteiger partial charge in [0.1, 0.15) is 0 Å².